The number of likely N-dealkylation sites (tertiary alicyclic amines) is 1. The Kier molecular flexibility index (Phi) is 5.31. The van der Waals surface area contributed by atoms with E-state index in [1.54, 1.807) is 0 Å². The number of fused-ring (bicyclic) bond motifs is 1. The number of thiophene rings is 1. The standard InChI is InChI=1S/C22H25N3O2S/c1-3-17-6-4-5-11-25(17)19(26)12-24-14-23-21-20(22(24)27)18(13-28-21)16-9-7-15(2)8-10-16/h7-10,13-14,17H,3-6,11-12H2,1-2H3. The lowest BCUT2D eigenvalue weighted by atomic mass is 10.00. The third kappa shape index (κ3) is 3.49. The zero-order valence-electron chi connectivity index (χ0n) is 16.4. The fourth-order valence-electron chi connectivity index (χ4n) is 4.02. The Morgan fingerprint density at radius 3 is 2.79 bits per heavy atom. The number of aryl methyl sites for hydroxylation is 1. The van der Waals surface area contributed by atoms with Gasteiger partial charge in [-0.05, 0) is 38.2 Å². The van der Waals surface area contributed by atoms with E-state index in [2.05, 4.69) is 11.9 Å². The Hall–Kier alpha value is -2.47. The van der Waals surface area contributed by atoms with Gasteiger partial charge in [0.15, 0.2) is 0 Å². The molecule has 0 saturated carbocycles. The maximum Gasteiger partial charge on any atom is 0.263 e. The van der Waals surface area contributed by atoms with Gasteiger partial charge in [-0.3, -0.25) is 14.2 Å². The van der Waals surface area contributed by atoms with Gasteiger partial charge in [0.25, 0.3) is 5.56 Å². The lowest BCUT2D eigenvalue weighted by Gasteiger charge is -2.35. The number of hydrogen-bond donors (Lipinski definition) is 0. The second-order valence-electron chi connectivity index (χ2n) is 7.52. The minimum absolute atomic E-state index is 0.0157. The van der Waals surface area contributed by atoms with Gasteiger partial charge in [0, 0.05) is 23.5 Å². The zero-order valence-corrected chi connectivity index (χ0v) is 17.2. The van der Waals surface area contributed by atoms with Gasteiger partial charge in [0.2, 0.25) is 5.91 Å². The average Bonchev–Trinajstić information content (AvgIpc) is 3.15. The third-order valence-corrected chi connectivity index (χ3v) is 6.53. The van der Waals surface area contributed by atoms with Crippen molar-refractivity contribution in [3.05, 3.63) is 51.9 Å². The molecular formula is C22H25N3O2S. The van der Waals surface area contributed by atoms with Crippen LogP contribution < -0.4 is 5.56 Å². The van der Waals surface area contributed by atoms with E-state index in [1.807, 2.05) is 41.5 Å². The molecule has 5 nitrogen and oxygen atoms in total. The van der Waals surface area contributed by atoms with Gasteiger partial charge in [0.1, 0.15) is 11.4 Å². The first-order valence-electron chi connectivity index (χ1n) is 9.91. The van der Waals surface area contributed by atoms with E-state index in [9.17, 15) is 9.59 Å². The number of carbonyl (C=O) groups is 1. The molecule has 1 saturated heterocycles. The van der Waals surface area contributed by atoms with Gasteiger partial charge in [-0.2, -0.15) is 0 Å². The topological polar surface area (TPSA) is 55.2 Å². The summed E-state index contributed by atoms with van der Waals surface area (Å²) in [5.41, 5.74) is 2.93. The molecule has 6 heteroatoms. The molecule has 28 heavy (non-hydrogen) atoms. The predicted octanol–water partition coefficient (Wildman–Crippen LogP) is 4.22. The molecule has 1 amide bonds. The fourth-order valence-corrected chi connectivity index (χ4v) is 4.92. The summed E-state index contributed by atoms with van der Waals surface area (Å²) in [5, 5.41) is 2.59. The average molecular weight is 396 g/mol. The molecule has 1 unspecified atom stereocenters. The minimum Gasteiger partial charge on any atom is -0.338 e. The molecule has 146 valence electrons. The number of carbonyl (C=O) groups excluding carboxylic acids is 1. The second-order valence-corrected chi connectivity index (χ2v) is 8.38. The molecule has 4 rings (SSSR count). The molecule has 3 aromatic rings. The van der Waals surface area contributed by atoms with Crippen LogP contribution in [0.3, 0.4) is 0 Å². The van der Waals surface area contributed by atoms with E-state index < -0.39 is 0 Å². The van der Waals surface area contributed by atoms with Crippen molar-refractivity contribution in [2.75, 3.05) is 6.54 Å². The first-order valence-corrected chi connectivity index (χ1v) is 10.8. The number of nitrogens with zero attached hydrogens (tertiary/aromatic N) is 3. The number of aromatic nitrogens is 2. The van der Waals surface area contributed by atoms with E-state index >= 15 is 0 Å². The Balaban J connectivity index is 1.68. The van der Waals surface area contributed by atoms with Crippen LogP contribution >= 0.6 is 11.3 Å². The van der Waals surface area contributed by atoms with Gasteiger partial charge >= 0.3 is 0 Å². The summed E-state index contributed by atoms with van der Waals surface area (Å²) in [6.07, 6.45) is 5.74. The van der Waals surface area contributed by atoms with Crippen LogP contribution in [0.2, 0.25) is 0 Å². The van der Waals surface area contributed by atoms with Crippen molar-refractivity contribution in [2.45, 2.75) is 52.1 Å². The Morgan fingerprint density at radius 1 is 1.25 bits per heavy atom. The van der Waals surface area contributed by atoms with E-state index in [4.69, 9.17) is 0 Å². The number of benzene rings is 1. The predicted molar refractivity (Wildman–Crippen MR) is 114 cm³/mol. The van der Waals surface area contributed by atoms with E-state index in [1.165, 1.54) is 34.2 Å². The quantitative estimate of drug-likeness (QED) is 0.664. The van der Waals surface area contributed by atoms with Crippen LogP contribution in [-0.2, 0) is 11.3 Å². The number of hydrogen-bond acceptors (Lipinski definition) is 4. The highest BCUT2D eigenvalue weighted by Gasteiger charge is 2.26. The molecule has 0 bridgehead atoms. The monoisotopic (exact) mass is 395 g/mol. The highest BCUT2D eigenvalue weighted by Crippen LogP contribution is 2.30. The normalized spacial score (nSPS) is 17.2. The summed E-state index contributed by atoms with van der Waals surface area (Å²) in [6.45, 7) is 5.01. The van der Waals surface area contributed by atoms with Gasteiger partial charge in [-0.15, -0.1) is 11.3 Å². The van der Waals surface area contributed by atoms with Crippen LogP contribution in [0.4, 0.5) is 0 Å². The van der Waals surface area contributed by atoms with Crippen molar-refractivity contribution >= 4 is 27.5 Å². The van der Waals surface area contributed by atoms with Gasteiger partial charge < -0.3 is 4.90 Å². The van der Waals surface area contributed by atoms with Gasteiger partial charge in [-0.25, -0.2) is 4.98 Å². The summed E-state index contributed by atoms with van der Waals surface area (Å²) >= 11 is 1.47. The lowest BCUT2D eigenvalue weighted by Crippen LogP contribution is -2.45. The summed E-state index contributed by atoms with van der Waals surface area (Å²) in [7, 11) is 0. The van der Waals surface area contributed by atoms with Crippen LogP contribution in [-0.4, -0.2) is 32.9 Å². The van der Waals surface area contributed by atoms with E-state index in [-0.39, 0.29) is 24.1 Å². The first kappa shape index (κ1) is 18.9. The smallest absolute Gasteiger partial charge is 0.263 e. The van der Waals surface area contributed by atoms with E-state index in [0.29, 0.717) is 10.2 Å². The van der Waals surface area contributed by atoms with Crippen LogP contribution in [0.25, 0.3) is 21.3 Å². The number of amides is 1. The second kappa shape index (κ2) is 7.87. The van der Waals surface area contributed by atoms with Crippen molar-refractivity contribution in [3.8, 4) is 11.1 Å². The molecule has 1 aliphatic rings. The van der Waals surface area contributed by atoms with Crippen LogP contribution in [0.5, 0.6) is 0 Å². The Bertz CT molecular complexity index is 1050. The van der Waals surface area contributed by atoms with Crippen molar-refractivity contribution in [3.63, 3.8) is 0 Å². The van der Waals surface area contributed by atoms with Crippen molar-refractivity contribution in [2.24, 2.45) is 0 Å². The maximum absolute atomic E-state index is 13.2. The third-order valence-electron chi connectivity index (χ3n) is 5.65. The van der Waals surface area contributed by atoms with Crippen molar-refractivity contribution in [1.29, 1.82) is 0 Å². The van der Waals surface area contributed by atoms with E-state index in [0.717, 1.165) is 36.9 Å². The van der Waals surface area contributed by atoms with Crippen molar-refractivity contribution < 1.29 is 4.79 Å². The fraction of sp³-hybridized carbons (Fsp3) is 0.409. The van der Waals surface area contributed by atoms with Crippen LogP contribution in [0, 0.1) is 6.92 Å². The minimum atomic E-state index is -0.139. The number of piperidine rings is 1. The van der Waals surface area contributed by atoms with Crippen molar-refractivity contribution in [1.82, 2.24) is 14.5 Å². The molecule has 3 heterocycles. The molecule has 1 atom stereocenters. The molecule has 0 spiro atoms. The molecule has 1 fully saturated rings. The van der Waals surface area contributed by atoms with Gasteiger partial charge in [0.05, 0.1) is 11.7 Å². The largest absolute Gasteiger partial charge is 0.338 e. The molecule has 1 aromatic carbocycles. The summed E-state index contributed by atoms with van der Waals surface area (Å²) in [5.74, 6) is 0.0157. The SMILES string of the molecule is CCC1CCCCN1C(=O)Cn1cnc2scc(-c3ccc(C)cc3)c2c1=O. The van der Waals surface area contributed by atoms with Crippen LogP contribution in [0.15, 0.2) is 40.8 Å². The van der Waals surface area contributed by atoms with Gasteiger partial charge in [-0.1, -0.05) is 36.8 Å². The first-order chi connectivity index (χ1) is 13.6. The molecule has 0 radical (unpaired) electrons. The Morgan fingerprint density at radius 2 is 2.04 bits per heavy atom. The zero-order chi connectivity index (χ0) is 19.7. The highest BCUT2D eigenvalue weighted by molar-refractivity contribution is 7.17. The van der Waals surface area contributed by atoms with Crippen LogP contribution in [0.1, 0.15) is 38.2 Å². The molecule has 0 aliphatic carbocycles. The molecule has 0 N–H and O–H groups in total. The summed E-state index contributed by atoms with van der Waals surface area (Å²) in [6, 6.07) is 8.42. The lowest BCUT2D eigenvalue weighted by molar-refractivity contribution is -0.135. The molecular weight excluding hydrogens is 370 g/mol. The molecule has 2 aromatic heterocycles. The number of rotatable bonds is 4. The summed E-state index contributed by atoms with van der Waals surface area (Å²) in [4.78, 5) is 33.2. The molecule has 1 aliphatic heterocycles. The Labute approximate surface area is 168 Å². The summed E-state index contributed by atoms with van der Waals surface area (Å²) < 4.78 is 1.47. The maximum atomic E-state index is 13.2. The highest BCUT2D eigenvalue weighted by atomic mass is 32.1.